The van der Waals surface area contributed by atoms with E-state index in [0.29, 0.717) is 0 Å². The van der Waals surface area contributed by atoms with Crippen LogP contribution in [-0.2, 0) is 14.1 Å². The zero-order chi connectivity index (χ0) is 18.8. The van der Waals surface area contributed by atoms with Crippen LogP contribution in [0.4, 0.5) is 0 Å². The molecule has 1 aliphatic carbocycles. The van der Waals surface area contributed by atoms with Gasteiger partial charge in [-0.1, -0.05) is 37.5 Å². The maximum Gasteiger partial charge on any atom is 0.277 e. The van der Waals surface area contributed by atoms with E-state index in [1.54, 1.807) is 0 Å². The number of rotatable bonds is 3. The summed E-state index contributed by atoms with van der Waals surface area (Å²) in [6.45, 7) is 2.19. The lowest BCUT2D eigenvalue weighted by atomic mass is 9.84. The Morgan fingerprint density at radius 1 is 0.778 bits per heavy atom. The highest BCUT2D eigenvalue weighted by molar-refractivity contribution is 5.62. The Kier molecular flexibility index (Phi) is 5.07. The molecule has 1 aromatic carbocycles. The first-order chi connectivity index (χ1) is 13.1. The predicted molar refractivity (Wildman–Crippen MR) is 110 cm³/mol. The molecule has 0 unspecified atom stereocenters. The number of hydrogen-bond donors (Lipinski definition) is 0. The molecule has 0 radical (unpaired) electrons. The fourth-order valence-corrected chi connectivity index (χ4v) is 4.50. The second-order valence-corrected chi connectivity index (χ2v) is 7.96. The SMILES string of the molecule is Cc1ccccc1-c1cccc(-c2cc(C3CCCCC3)cc[n+]2C)[n+]1C. The third-order valence-electron chi connectivity index (χ3n) is 6.16. The summed E-state index contributed by atoms with van der Waals surface area (Å²) in [5, 5.41) is 0. The first-order valence-electron chi connectivity index (χ1n) is 10.2. The Morgan fingerprint density at radius 2 is 1.52 bits per heavy atom. The number of aryl methyl sites for hydroxylation is 2. The van der Waals surface area contributed by atoms with Crippen molar-refractivity contribution < 1.29 is 9.13 Å². The van der Waals surface area contributed by atoms with Crippen LogP contribution in [0.15, 0.2) is 60.8 Å². The minimum atomic E-state index is 0.726. The molecule has 4 rings (SSSR count). The summed E-state index contributed by atoms with van der Waals surface area (Å²) in [4.78, 5) is 0. The van der Waals surface area contributed by atoms with Crippen molar-refractivity contribution in [3.63, 3.8) is 0 Å². The van der Waals surface area contributed by atoms with Gasteiger partial charge in [0.2, 0.25) is 5.69 Å². The summed E-state index contributed by atoms with van der Waals surface area (Å²) in [5.41, 5.74) is 7.92. The number of pyridine rings is 2. The molecule has 0 bridgehead atoms. The summed E-state index contributed by atoms with van der Waals surface area (Å²) in [7, 11) is 4.34. The summed E-state index contributed by atoms with van der Waals surface area (Å²) < 4.78 is 4.59. The van der Waals surface area contributed by atoms with E-state index in [4.69, 9.17) is 0 Å². The minimum Gasteiger partial charge on any atom is -0.196 e. The molecule has 0 spiro atoms. The van der Waals surface area contributed by atoms with Crippen LogP contribution in [0.25, 0.3) is 22.6 Å². The molecule has 0 aliphatic heterocycles. The zero-order valence-electron chi connectivity index (χ0n) is 16.8. The molecule has 3 aromatic rings. The van der Waals surface area contributed by atoms with Gasteiger partial charge >= 0.3 is 0 Å². The van der Waals surface area contributed by atoms with E-state index in [-0.39, 0.29) is 0 Å². The van der Waals surface area contributed by atoms with Crippen LogP contribution in [0.3, 0.4) is 0 Å². The monoisotopic (exact) mass is 358 g/mol. The summed E-state index contributed by atoms with van der Waals surface area (Å²) in [6, 6.07) is 20.0. The Hall–Kier alpha value is -2.48. The van der Waals surface area contributed by atoms with Crippen LogP contribution in [0.1, 0.15) is 49.1 Å². The molecule has 2 aromatic heterocycles. The third kappa shape index (κ3) is 3.53. The second kappa shape index (κ2) is 7.64. The minimum absolute atomic E-state index is 0.726. The van der Waals surface area contributed by atoms with E-state index >= 15 is 0 Å². The number of hydrogen-bond acceptors (Lipinski definition) is 0. The Bertz CT molecular complexity index is 952. The third-order valence-corrected chi connectivity index (χ3v) is 6.16. The van der Waals surface area contributed by atoms with E-state index in [0.717, 1.165) is 5.92 Å². The van der Waals surface area contributed by atoms with Crippen molar-refractivity contribution in [2.45, 2.75) is 44.9 Å². The second-order valence-electron chi connectivity index (χ2n) is 7.96. The van der Waals surface area contributed by atoms with E-state index in [1.165, 1.54) is 65.9 Å². The van der Waals surface area contributed by atoms with Crippen LogP contribution in [0.2, 0.25) is 0 Å². The van der Waals surface area contributed by atoms with Crippen LogP contribution in [0.5, 0.6) is 0 Å². The van der Waals surface area contributed by atoms with Crippen LogP contribution in [-0.4, -0.2) is 0 Å². The molecule has 2 nitrogen and oxygen atoms in total. The van der Waals surface area contributed by atoms with Gasteiger partial charge < -0.3 is 0 Å². The average Bonchev–Trinajstić information content (AvgIpc) is 2.70. The van der Waals surface area contributed by atoms with Crippen molar-refractivity contribution >= 4 is 0 Å². The molecule has 0 N–H and O–H groups in total. The largest absolute Gasteiger partial charge is 0.277 e. The summed E-state index contributed by atoms with van der Waals surface area (Å²) in [6.07, 6.45) is 9.05. The standard InChI is InChI=1S/C25H30N2/c1-19-10-7-8-13-22(19)23-14-9-15-24(27(23)3)25-18-21(16-17-26(25)2)20-11-5-4-6-12-20/h7-10,13-18,20H,4-6,11-12H2,1-3H3/q+2. The van der Waals surface area contributed by atoms with Crippen molar-refractivity contribution in [2.24, 2.45) is 14.1 Å². The van der Waals surface area contributed by atoms with Gasteiger partial charge in [0.1, 0.15) is 14.1 Å². The van der Waals surface area contributed by atoms with E-state index in [2.05, 4.69) is 90.9 Å². The van der Waals surface area contributed by atoms with Gasteiger partial charge in [-0.3, -0.25) is 0 Å². The molecule has 1 fully saturated rings. The van der Waals surface area contributed by atoms with E-state index in [9.17, 15) is 0 Å². The first-order valence-corrected chi connectivity index (χ1v) is 10.2. The molecule has 0 atom stereocenters. The van der Waals surface area contributed by atoms with Gasteiger partial charge in [-0.25, -0.2) is 0 Å². The predicted octanol–water partition coefficient (Wildman–Crippen LogP) is 5.03. The number of nitrogens with zero attached hydrogens (tertiary/aromatic N) is 2. The van der Waals surface area contributed by atoms with E-state index < -0.39 is 0 Å². The van der Waals surface area contributed by atoms with Gasteiger partial charge in [-0.2, -0.15) is 9.13 Å². The molecule has 2 heterocycles. The van der Waals surface area contributed by atoms with Crippen LogP contribution >= 0.6 is 0 Å². The van der Waals surface area contributed by atoms with Gasteiger partial charge in [0, 0.05) is 29.8 Å². The molecule has 0 saturated heterocycles. The lowest BCUT2D eigenvalue weighted by Crippen LogP contribution is -2.40. The average molecular weight is 359 g/mol. The Morgan fingerprint density at radius 3 is 2.30 bits per heavy atom. The van der Waals surface area contributed by atoms with Gasteiger partial charge in [-0.15, -0.1) is 0 Å². The van der Waals surface area contributed by atoms with Crippen LogP contribution < -0.4 is 9.13 Å². The summed E-state index contributed by atoms with van der Waals surface area (Å²) in [5.74, 6) is 0.726. The van der Waals surface area contributed by atoms with Gasteiger partial charge in [0.15, 0.2) is 6.20 Å². The van der Waals surface area contributed by atoms with Crippen LogP contribution in [0, 0.1) is 6.92 Å². The topological polar surface area (TPSA) is 7.76 Å². The highest BCUT2D eigenvalue weighted by Crippen LogP contribution is 2.33. The Labute approximate surface area is 163 Å². The molecular weight excluding hydrogens is 328 g/mol. The molecule has 0 amide bonds. The van der Waals surface area contributed by atoms with Crippen molar-refractivity contribution in [3.8, 4) is 22.6 Å². The fourth-order valence-electron chi connectivity index (χ4n) is 4.50. The highest BCUT2D eigenvalue weighted by atomic mass is 15.0. The molecule has 2 heteroatoms. The van der Waals surface area contributed by atoms with Gasteiger partial charge in [0.05, 0.1) is 0 Å². The van der Waals surface area contributed by atoms with E-state index in [1.807, 2.05) is 0 Å². The number of benzene rings is 1. The molecule has 1 aliphatic rings. The zero-order valence-corrected chi connectivity index (χ0v) is 16.8. The lowest BCUT2D eigenvalue weighted by molar-refractivity contribution is -0.685. The smallest absolute Gasteiger partial charge is 0.196 e. The normalized spacial score (nSPS) is 15.1. The quantitative estimate of drug-likeness (QED) is 0.581. The number of aromatic nitrogens is 2. The Balaban J connectivity index is 1.80. The van der Waals surface area contributed by atoms with Crippen molar-refractivity contribution in [1.82, 2.24) is 0 Å². The molecule has 138 valence electrons. The van der Waals surface area contributed by atoms with Gasteiger partial charge in [-0.05, 0) is 48.9 Å². The highest BCUT2D eigenvalue weighted by Gasteiger charge is 2.25. The lowest BCUT2D eigenvalue weighted by Gasteiger charge is -2.21. The molecule has 1 saturated carbocycles. The molecular formula is C25H30N2+2. The van der Waals surface area contributed by atoms with Crippen molar-refractivity contribution in [2.75, 3.05) is 0 Å². The first kappa shape index (κ1) is 17.9. The fraction of sp³-hybridized carbons (Fsp3) is 0.360. The van der Waals surface area contributed by atoms with Gasteiger partial charge in [0.25, 0.3) is 11.4 Å². The summed E-state index contributed by atoms with van der Waals surface area (Å²) >= 11 is 0. The maximum atomic E-state index is 2.42. The van der Waals surface area contributed by atoms with Crippen molar-refractivity contribution in [3.05, 3.63) is 71.9 Å². The maximum absolute atomic E-state index is 2.42. The molecule has 27 heavy (non-hydrogen) atoms. The van der Waals surface area contributed by atoms with Crippen molar-refractivity contribution in [1.29, 1.82) is 0 Å².